The van der Waals surface area contributed by atoms with E-state index in [-0.39, 0.29) is 24.1 Å². The first kappa shape index (κ1) is 17.6. The van der Waals surface area contributed by atoms with Crippen LogP contribution in [0.15, 0.2) is 29.3 Å². The largest absolute Gasteiger partial charge is 0.333 e. The van der Waals surface area contributed by atoms with E-state index in [1.807, 2.05) is 0 Å². The molecule has 11 nitrogen and oxygen atoms in total. The maximum Gasteiger partial charge on any atom is 0.333 e. The Morgan fingerprint density at radius 3 is 2.69 bits per heavy atom. The molecule has 1 fully saturated rings. The molecule has 0 radical (unpaired) electrons. The average molecular weight is 383 g/mol. The number of carbonyl (C=O) groups excluding carboxylic acids is 2. The van der Waals surface area contributed by atoms with E-state index < -0.39 is 43.6 Å². The van der Waals surface area contributed by atoms with Crippen LogP contribution in [0.1, 0.15) is 18.9 Å². The molecule has 13 heteroatoms. The first-order chi connectivity index (χ1) is 12.2. The van der Waals surface area contributed by atoms with Crippen molar-refractivity contribution >= 4 is 27.7 Å². The lowest BCUT2D eigenvalue weighted by Gasteiger charge is -2.20. The van der Waals surface area contributed by atoms with Crippen LogP contribution < -0.4 is 5.32 Å². The molecular weight excluding hydrogens is 373 g/mol. The van der Waals surface area contributed by atoms with Crippen molar-refractivity contribution in [3.63, 3.8) is 0 Å². The minimum atomic E-state index is -5.28. The summed E-state index contributed by atoms with van der Waals surface area (Å²) in [5.74, 6) is -1.02. The highest BCUT2D eigenvalue weighted by atomic mass is 32.3. The molecule has 0 saturated carbocycles. The van der Waals surface area contributed by atoms with Crippen molar-refractivity contribution in [3.8, 4) is 11.3 Å². The molecule has 1 aromatic carbocycles. The van der Waals surface area contributed by atoms with Crippen molar-refractivity contribution in [1.82, 2.24) is 20.3 Å². The van der Waals surface area contributed by atoms with Crippen molar-refractivity contribution in [2.24, 2.45) is 0 Å². The molecule has 1 saturated heterocycles. The molecule has 0 spiro atoms. The normalized spacial score (nSPS) is 17.8. The highest BCUT2D eigenvalue weighted by Gasteiger charge is 2.30. The highest BCUT2D eigenvalue weighted by molar-refractivity contribution is 7.86. The van der Waals surface area contributed by atoms with E-state index in [1.165, 1.54) is 6.20 Å². The number of carbonyl (C=O) groups is 2. The Morgan fingerprint density at radius 1 is 1.35 bits per heavy atom. The first-order valence-corrected chi connectivity index (χ1v) is 8.54. The molecule has 1 unspecified atom stereocenters. The Balaban J connectivity index is 2.03. The molecule has 0 bridgehead atoms. The van der Waals surface area contributed by atoms with E-state index in [2.05, 4.69) is 15.6 Å². The zero-order chi connectivity index (χ0) is 19.1. The van der Waals surface area contributed by atoms with Gasteiger partial charge in [-0.15, -0.1) is 8.98 Å². The Morgan fingerprint density at radius 2 is 2.08 bits per heavy atom. The minimum Gasteiger partial charge on any atom is -0.295 e. The lowest BCUT2D eigenvalue weighted by molar-refractivity contribution is -0.385. The molecule has 1 N–H and O–H groups in total. The van der Waals surface area contributed by atoms with E-state index in [0.717, 1.165) is 16.8 Å². The molecule has 1 aliphatic heterocycles. The molecule has 2 amide bonds. The van der Waals surface area contributed by atoms with Gasteiger partial charge in [0.2, 0.25) is 5.91 Å². The van der Waals surface area contributed by atoms with Gasteiger partial charge in [0.25, 0.3) is 11.6 Å². The predicted molar refractivity (Wildman–Crippen MR) is 81.8 cm³/mol. The van der Waals surface area contributed by atoms with Gasteiger partial charge in [-0.05, 0) is 12.5 Å². The lowest BCUT2D eigenvalue weighted by atomic mass is 10.1. The molecule has 2 heterocycles. The van der Waals surface area contributed by atoms with E-state index >= 15 is 0 Å². The van der Waals surface area contributed by atoms with Crippen LogP contribution in [0, 0.1) is 10.1 Å². The van der Waals surface area contributed by atoms with Crippen molar-refractivity contribution in [1.29, 1.82) is 0 Å². The average Bonchev–Trinajstić information content (AvgIpc) is 3.03. The topological polar surface area (TPSA) is 154 Å². The molecule has 0 aliphatic carbocycles. The lowest BCUT2D eigenvalue weighted by Crippen LogP contribution is -2.41. The zero-order valence-electron chi connectivity index (χ0n) is 12.8. The van der Waals surface area contributed by atoms with Gasteiger partial charge in [0, 0.05) is 24.1 Å². The number of nitrogens with one attached hydrogen (secondary N) is 1. The summed E-state index contributed by atoms with van der Waals surface area (Å²) in [6, 6.07) is 1.77. The van der Waals surface area contributed by atoms with Gasteiger partial charge in [0.05, 0.1) is 11.1 Å². The number of amides is 2. The maximum atomic E-state index is 13.6. The van der Waals surface area contributed by atoms with Crippen LogP contribution in [0.2, 0.25) is 0 Å². The van der Waals surface area contributed by atoms with Crippen LogP contribution >= 0.6 is 0 Å². The summed E-state index contributed by atoms with van der Waals surface area (Å²) in [5, 5.41) is 20.3. The second-order valence-electron chi connectivity index (χ2n) is 5.43. The van der Waals surface area contributed by atoms with Crippen LogP contribution in [0.25, 0.3) is 11.3 Å². The van der Waals surface area contributed by atoms with Crippen molar-refractivity contribution < 1.29 is 26.8 Å². The number of non-ortho nitro benzene ring substituents is 1. The number of nitro groups is 1. The molecule has 136 valence electrons. The number of halogens is 1. The number of aromatic nitrogens is 3. The fraction of sp³-hybridized carbons (Fsp3) is 0.231. The predicted octanol–water partition coefficient (Wildman–Crippen LogP) is 0.489. The number of rotatable bonds is 4. The molecular formula is C13H10FN5O6S. The molecule has 1 aliphatic rings. The zero-order valence-corrected chi connectivity index (χ0v) is 13.6. The summed E-state index contributed by atoms with van der Waals surface area (Å²) in [6.45, 7) is 0. The third kappa shape index (κ3) is 3.28. The van der Waals surface area contributed by atoms with Gasteiger partial charge in [-0.2, -0.15) is 8.42 Å². The summed E-state index contributed by atoms with van der Waals surface area (Å²) in [7, 11) is -5.28. The van der Waals surface area contributed by atoms with Crippen LogP contribution in [0.5, 0.6) is 0 Å². The number of hydrogen-bond donors (Lipinski definition) is 1. The molecule has 1 aromatic heterocycles. The maximum absolute atomic E-state index is 13.6. The molecule has 1 atom stereocenters. The van der Waals surface area contributed by atoms with Crippen molar-refractivity contribution in [2.75, 3.05) is 0 Å². The Hall–Kier alpha value is -3.22. The Bertz CT molecular complexity index is 1030. The van der Waals surface area contributed by atoms with Gasteiger partial charge in [0.1, 0.15) is 16.6 Å². The summed E-state index contributed by atoms with van der Waals surface area (Å²) in [5.41, 5.74) is -0.944. The minimum absolute atomic E-state index is 0.0905. The smallest absolute Gasteiger partial charge is 0.295 e. The standard InChI is InChI=1S/C13H10FN5O6S/c14-26(24,25)11-5-7(19(22)23)1-2-8(11)9-6-18(17-16-9)10-3-4-12(20)15-13(10)21/h1-2,5-6,10H,3-4H2,(H,15,20,21). The molecule has 26 heavy (non-hydrogen) atoms. The van der Waals surface area contributed by atoms with E-state index in [0.29, 0.717) is 6.07 Å². The second kappa shape index (κ2) is 6.25. The molecule has 3 rings (SSSR count). The number of imide groups is 1. The van der Waals surface area contributed by atoms with E-state index in [4.69, 9.17) is 0 Å². The number of nitro benzene ring substituents is 1. The fourth-order valence-electron chi connectivity index (χ4n) is 2.52. The third-order valence-electron chi connectivity index (χ3n) is 3.75. The highest BCUT2D eigenvalue weighted by Crippen LogP contribution is 2.31. The first-order valence-electron chi connectivity index (χ1n) is 7.16. The third-order valence-corrected chi connectivity index (χ3v) is 4.62. The van der Waals surface area contributed by atoms with Gasteiger partial charge in [-0.1, -0.05) is 5.21 Å². The van der Waals surface area contributed by atoms with E-state index in [9.17, 15) is 32.0 Å². The summed E-state index contributed by atoms with van der Waals surface area (Å²) < 4.78 is 37.4. The summed E-state index contributed by atoms with van der Waals surface area (Å²) >= 11 is 0. The van der Waals surface area contributed by atoms with Gasteiger partial charge >= 0.3 is 10.2 Å². The van der Waals surface area contributed by atoms with Crippen LogP contribution in [-0.4, -0.2) is 40.1 Å². The van der Waals surface area contributed by atoms with Gasteiger partial charge in [0.15, 0.2) is 0 Å². The number of benzene rings is 1. The van der Waals surface area contributed by atoms with Gasteiger partial charge in [-0.3, -0.25) is 25.0 Å². The number of piperidine rings is 1. The van der Waals surface area contributed by atoms with Gasteiger partial charge in [-0.25, -0.2) is 4.68 Å². The van der Waals surface area contributed by atoms with Crippen LogP contribution in [0.3, 0.4) is 0 Å². The van der Waals surface area contributed by atoms with E-state index in [1.54, 1.807) is 0 Å². The second-order valence-corrected chi connectivity index (χ2v) is 6.74. The Kier molecular flexibility index (Phi) is 4.23. The summed E-state index contributed by atoms with van der Waals surface area (Å²) in [4.78, 5) is 32.0. The fourth-order valence-corrected chi connectivity index (χ4v) is 3.22. The SMILES string of the molecule is O=C1CCC(n2cc(-c3ccc([N+](=O)[O-])cc3S(=O)(=O)F)nn2)C(=O)N1. The number of nitrogens with zero attached hydrogens (tertiary/aromatic N) is 4. The monoisotopic (exact) mass is 383 g/mol. The van der Waals surface area contributed by atoms with Crippen LogP contribution in [-0.2, 0) is 19.8 Å². The van der Waals surface area contributed by atoms with Crippen LogP contribution in [0.4, 0.5) is 9.57 Å². The Labute approximate surface area is 145 Å². The van der Waals surface area contributed by atoms with Crippen molar-refractivity contribution in [3.05, 3.63) is 34.5 Å². The number of hydrogen-bond acceptors (Lipinski definition) is 8. The molecule has 2 aromatic rings. The van der Waals surface area contributed by atoms with Crippen molar-refractivity contribution in [2.45, 2.75) is 23.8 Å². The van der Waals surface area contributed by atoms with Gasteiger partial charge < -0.3 is 0 Å². The quantitative estimate of drug-likeness (QED) is 0.346. The summed E-state index contributed by atoms with van der Waals surface area (Å²) in [6.07, 6.45) is 1.46.